The molecule has 1 N–H and O–H groups in total. The second kappa shape index (κ2) is 13.4. The largest absolute Gasteiger partial charge is 0.496 e. The molecular formula is C33H36F3N7O2S. The van der Waals surface area contributed by atoms with E-state index in [-0.39, 0.29) is 16.7 Å². The first-order valence-corrected chi connectivity index (χ1v) is 16.2. The molecule has 0 saturated carbocycles. The number of ketones is 1. The predicted molar refractivity (Wildman–Crippen MR) is 172 cm³/mol. The van der Waals surface area contributed by atoms with Crippen molar-refractivity contribution in [2.75, 3.05) is 45.2 Å². The number of methoxy groups -OCH3 is 1. The number of ether oxygens (including phenoxy) is 1. The van der Waals surface area contributed by atoms with E-state index in [1.807, 2.05) is 16.7 Å². The smallest absolute Gasteiger partial charge is 0.393 e. The Morgan fingerprint density at radius 1 is 1.17 bits per heavy atom. The molecule has 0 aliphatic carbocycles. The monoisotopic (exact) mass is 651 g/mol. The van der Waals surface area contributed by atoms with Gasteiger partial charge in [0.15, 0.2) is 5.78 Å². The van der Waals surface area contributed by atoms with Crippen molar-refractivity contribution in [3.63, 3.8) is 0 Å². The van der Waals surface area contributed by atoms with Crippen LogP contribution < -0.4 is 10.1 Å². The van der Waals surface area contributed by atoms with Gasteiger partial charge in [-0.15, -0.1) is 11.3 Å². The van der Waals surface area contributed by atoms with E-state index < -0.39 is 12.6 Å². The SMILES string of the molecule is C=CC(=O)CC1CN(CCn2c(C#N)cc3cc(CN4CCC(Nc5ncnc6sc(CC(F)(F)F)cc56)CC4)c(OC)cc32)C1. The van der Waals surface area contributed by atoms with Gasteiger partial charge < -0.3 is 19.5 Å². The molecule has 4 aromatic rings. The van der Waals surface area contributed by atoms with E-state index in [0.717, 1.165) is 79.1 Å². The number of carbonyl (C=O) groups is 1. The molecule has 2 fully saturated rings. The number of benzene rings is 1. The summed E-state index contributed by atoms with van der Waals surface area (Å²) in [5.41, 5.74) is 2.62. The quantitative estimate of drug-likeness (QED) is 0.193. The Bertz CT molecular complexity index is 1780. The number of carbonyl (C=O) groups excluding carboxylic acids is 1. The topological polar surface area (TPSA) is 99.3 Å². The Labute approximate surface area is 269 Å². The van der Waals surface area contributed by atoms with Crippen LogP contribution in [0.25, 0.3) is 21.1 Å². The van der Waals surface area contributed by atoms with Gasteiger partial charge in [0.2, 0.25) is 0 Å². The van der Waals surface area contributed by atoms with Crippen LogP contribution in [0, 0.1) is 17.2 Å². The van der Waals surface area contributed by atoms with Crippen molar-refractivity contribution in [1.29, 1.82) is 5.26 Å². The normalized spacial score (nSPS) is 16.8. The Hall–Kier alpha value is -3.99. The molecule has 0 spiro atoms. The van der Waals surface area contributed by atoms with Gasteiger partial charge in [0.05, 0.1) is 24.4 Å². The van der Waals surface area contributed by atoms with Crippen LogP contribution in [0.1, 0.15) is 35.4 Å². The molecular weight excluding hydrogens is 615 g/mol. The summed E-state index contributed by atoms with van der Waals surface area (Å²) < 4.78 is 46.7. The number of hydrogen-bond donors (Lipinski definition) is 1. The first kappa shape index (κ1) is 32.0. The second-order valence-corrected chi connectivity index (χ2v) is 13.3. The Morgan fingerprint density at radius 2 is 1.96 bits per heavy atom. The molecule has 2 saturated heterocycles. The number of anilines is 1. The molecule has 6 rings (SSSR count). The van der Waals surface area contributed by atoms with Crippen molar-refractivity contribution < 1.29 is 22.7 Å². The summed E-state index contributed by atoms with van der Waals surface area (Å²) in [6.07, 6.45) is -0.202. The van der Waals surface area contributed by atoms with Gasteiger partial charge in [0, 0.05) is 80.2 Å². The number of aromatic nitrogens is 3. The maximum absolute atomic E-state index is 12.9. The van der Waals surface area contributed by atoms with Gasteiger partial charge in [-0.05, 0) is 43.0 Å². The maximum atomic E-state index is 12.9. The molecule has 5 heterocycles. The minimum absolute atomic E-state index is 0.0860. The van der Waals surface area contributed by atoms with E-state index in [2.05, 4.69) is 43.8 Å². The highest BCUT2D eigenvalue weighted by molar-refractivity contribution is 7.18. The van der Waals surface area contributed by atoms with Gasteiger partial charge in [0.25, 0.3) is 0 Å². The average Bonchev–Trinajstić information content (AvgIpc) is 3.57. The summed E-state index contributed by atoms with van der Waals surface area (Å²) in [5, 5.41) is 15.0. The second-order valence-electron chi connectivity index (χ2n) is 12.2. The summed E-state index contributed by atoms with van der Waals surface area (Å²) in [6, 6.07) is 10.1. The van der Waals surface area contributed by atoms with Crippen LogP contribution in [-0.4, -0.2) is 82.2 Å². The van der Waals surface area contributed by atoms with Crippen LogP contribution in [0.3, 0.4) is 0 Å². The maximum Gasteiger partial charge on any atom is 0.393 e. The molecule has 242 valence electrons. The highest BCUT2D eigenvalue weighted by atomic mass is 32.1. The van der Waals surface area contributed by atoms with Crippen LogP contribution >= 0.6 is 11.3 Å². The zero-order valence-electron chi connectivity index (χ0n) is 25.6. The van der Waals surface area contributed by atoms with Crippen molar-refractivity contribution in [2.24, 2.45) is 5.92 Å². The molecule has 3 aromatic heterocycles. The van der Waals surface area contributed by atoms with Gasteiger partial charge >= 0.3 is 6.18 Å². The summed E-state index contributed by atoms with van der Waals surface area (Å²) in [5.74, 6) is 1.81. The lowest BCUT2D eigenvalue weighted by atomic mass is 9.94. The minimum Gasteiger partial charge on any atom is -0.496 e. The molecule has 2 aliphatic heterocycles. The molecule has 9 nitrogen and oxygen atoms in total. The highest BCUT2D eigenvalue weighted by Gasteiger charge is 2.30. The van der Waals surface area contributed by atoms with Crippen molar-refractivity contribution in [1.82, 2.24) is 24.3 Å². The fourth-order valence-corrected chi connectivity index (χ4v) is 7.58. The third-order valence-corrected chi connectivity index (χ3v) is 9.93. The average molecular weight is 652 g/mol. The van der Waals surface area contributed by atoms with Gasteiger partial charge in [-0.3, -0.25) is 9.69 Å². The third kappa shape index (κ3) is 7.19. The Kier molecular flexibility index (Phi) is 9.31. The van der Waals surface area contributed by atoms with E-state index >= 15 is 0 Å². The summed E-state index contributed by atoms with van der Waals surface area (Å²) in [6.45, 7) is 9.13. The molecule has 0 unspecified atom stereocenters. The van der Waals surface area contributed by atoms with Crippen LogP contribution in [0.5, 0.6) is 5.75 Å². The number of nitrogens with one attached hydrogen (secondary N) is 1. The molecule has 46 heavy (non-hydrogen) atoms. The standard InChI is InChI=1S/C33H36F3N7O2S/c1-3-26(44)10-21-17-42(18-21)8-9-43-25(16-37)12-22-11-23(30(45-2)14-29(22)43)19-41-6-4-24(5-7-41)40-31-28-13-27(15-33(34,35)36)46-32(28)39-20-38-31/h3,11-14,20-21,24H,1,4-10,15,17-19H2,2H3,(H,38,39,40). The molecule has 1 aromatic carbocycles. The van der Waals surface area contributed by atoms with E-state index in [4.69, 9.17) is 4.74 Å². The molecule has 0 radical (unpaired) electrons. The number of thiophene rings is 1. The first-order valence-electron chi connectivity index (χ1n) is 15.4. The number of likely N-dealkylation sites (tertiary alicyclic amines) is 2. The van der Waals surface area contributed by atoms with Gasteiger partial charge in [0.1, 0.15) is 34.5 Å². The van der Waals surface area contributed by atoms with Crippen LogP contribution in [0.15, 0.2) is 43.2 Å². The lowest BCUT2D eigenvalue weighted by molar-refractivity contribution is -0.126. The molecule has 2 aliphatic rings. The van der Waals surface area contributed by atoms with Gasteiger partial charge in [-0.2, -0.15) is 18.4 Å². The van der Waals surface area contributed by atoms with E-state index in [1.165, 1.54) is 12.4 Å². The highest BCUT2D eigenvalue weighted by Crippen LogP contribution is 2.34. The van der Waals surface area contributed by atoms with Crippen LogP contribution in [0.2, 0.25) is 0 Å². The van der Waals surface area contributed by atoms with Gasteiger partial charge in [-0.1, -0.05) is 6.58 Å². The molecule has 0 atom stereocenters. The fraction of sp³-hybridized carbons (Fsp3) is 0.455. The fourth-order valence-electron chi connectivity index (χ4n) is 6.56. The van der Waals surface area contributed by atoms with Crippen LogP contribution in [-0.2, 0) is 24.3 Å². The summed E-state index contributed by atoms with van der Waals surface area (Å²) >= 11 is 1.05. The lowest BCUT2D eigenvalue weighted by Gasteiger charge is -2.39. The number of alkyl halides is 3. The number of rotatable bonds is 12. The van der Waals surface area contributed by atoms with Crippen molar-refractivity contribution in [3.05, 3.63) is 59.4 Å². The van der Waals surface area contributed by atoms with E-state index in [1.54, 1.807) is 13.2 Å². The first-order chi connectivity index (χ1) is 22.1. The number of hydrogen-bond acceptors (Lipinski definition) is 9. The summed E-state index contributed by atoms with van der Waals surface area (Å²) in [4.78, 5) is 25.6. The number of allylic oxidation sites excluding steroid dienone is 1. The molecule has 0 bridgehead atoms. The lowest BCUT2D eigenvalue weighted by Crippen LogP contribution is -2.48. The van der Waals surface area contributed by atoms with Crippen molar-refractivity contribution in [2.45, 2.75) is 51.0 Å². The molecule has 13 heteroatoms. The van der Waals surface area contributed by atoms with E-state index in [0.29, 0.717) is 47.2 Å². The van der Waals surface area contributed by atoms with E-state index in [9.17, 15) is 23.2 Å². The number of nitrogens with zero attached hydrogens (tertiary/aromatic N) is 6. The number of fused-ring (bicyclic) bond motifs is 2. The zero-order valence-corrected chi connectivity index (χ0v) is 26.5. The van der Waals surface area contributed by atoms with Crippen LogP contribution in [0.4, 0.5) is 19.0 Å². The zero-order chi connectivity index (χ0) is 32.4. The van der Waals surface area contributed by atoms with Crippen molar-refractivity contribution in [3.8, 4) is 11.8 Å². The van der Waals surface area contributed by atoms with Crippen molar-refractivity contribution >= 4 is 44.1 Å². The van der Waals surface area contributed by atoms with Gasteiger partial charge in [-0.25, -0.2) is 9.97 Å². The molecule has 0 amide bonds. The Balaban J connectivity index is 1.07. The number of nitriles is 1. The third-order valence-electron chi connectivity index (χ3n) is 8.89. The predicted octanol–water partition coefficient (Wildman–Crippen LogP) is 5.78. The number of piperidine rings is 1. The summed E-state index contributed by atoms with van der Waals surface area (Å²) in [7, 11) is 1.66. The minimum atomic E-state index is -4.27. The Morgan fingerprint density at radius 3 is 2.65 bits per heavy atom. The number of halogens is 3.